The van der Waals surface area contributed by atoms with Crippen molar-refractivity contribution in [3.63, 3.8) is 0 Å². The predicted octanol–water partition coefficient (Wildman–Crippen LogP) is 10.4. The van der Waals surface area contributed by atoms with Gasteiger partial charge in [-0.3, -0.25) is 9.78 Å². The zero-order chi connectivity index (χ0) is 30.4. The van der Waals surface area contributed by atoms with Crippen molar-refractivity contribution in [2.75, 3.05) is 0 Å². The zero-order valence-corrected chi connectivity index (χ0v) is 24.6. The van der Waals surface area contributed by atoms with Gasteiger partial charge in [0.05, 0.1) is 27.5 Å². The van der Waals surface area contributed by atoms with E-state index in [2.05, 4.69) is 102 Å². The van der Waals surface area contributed by atoms with E-state index in [-0.39, 0.29) is 5.43 Å². The summed E-state index contributed by atoms with van der Waals surface area (Å²) in [6.45, 7) is 0. The SMILES string of the molecule is O=c1c2ccccc2oc2cc3c(cc12)-c1cc(-n2c4ccccc4c4ccccc42)ccc1-c1ccccc1-c1cccnc1-3. The lowest BCUT2D eigenvalue weighted by molar-refractivity contribution is 0.660. The first kappa shape index (κ1) is 25.1. The van der Waals surface area contributed by atoms with Gasteiger partial charge in [-0.15, -0.1) is 0 Å². The lowest BCUT2D eigenvalue weighted by atomic mass is 9.82. The first-order chi connectivity index (χ1) is 22.7. The second kappa shape index (κ2) is 9.37. The van der Waals surface area contributed by atoms with E-state index in [9.17, 15) is 4.79 Å². The molecular formula is C42H24N2O2. The van der Waals surface area contributed by atoms with Gasteiger partial charge in [-0.05, 0) is 82.4 Å². The van der Waals surface area contributed by atoms with Gasteiger partial charge in [0.15, 0.2) is 0 Å². The Morgan fingerprint density at radius 1 is 0.457 bits per heavy atom. The average Bonchev–Trinajstić information content (AvgIpc) is 3.45. The number of aromatic nitrogens is 2. The van der Waals surface area contributed by atoms with E-state index in [4.69, 9.17) is 9.40 Å². The maximum Gasteiger partial charge on any atom is 0.200 e. The summed E-state index contributed by atoms with van der Waals surface area (Å²) in [6.07, 6.45) is 1.84. The molecule has 0 saturated carbocycles. The smallest absolute Gasteiger partial charge is 0.200 e. The van der Waals surface area contributed by atoms with E-state index in [1.807, 2.05) is 48.7 Å². The topological polar surface area (TPSA) is 48.0 Å². The molecule has 4 heteroatoms. The van der Waals surface area contributed by atoms with Crippen LogP contribution in [0.5, 0.6) is 0 Å². The van der Waals surface area contributed by atoms with Crippen LogP contribution in [0.4, 0.5) is 0 Å². The number of hydrogen-bond donors (Lipinski definition) is 0. The molecule has 0 radical (unpaired) electrons. The minimum atomic E-state index is -0.0385. The fourth-order valence-electron chi connectivity index (χ4n) is 7.39. The molecule has 0 N–H and O–H groups in total. The monoisotopic (exact) mass is 588 g/mol. The summed E-state index contributed by atoms with van der Waals surface area (Å²) < 4.78 is 8.72. The van der Waals surface area contributed by atoms with Gasteiger partial charge in [-0.25, -0.2) is 0 Å². The van der Waals surface area contributed by atoms with Crippen LogP contribution in [-0.2, 0) is 0 Å². The molecule has 1 aliphatic rings. The first-order valence-electron chi connectivity index (χ1n) is 15.4. The predicted molar refractivity (Wildman–Crippen MR) is 187 cm³/mol. The van der Waals surface area contributed by atoms with Gasteiger partial charge < -0.3 is 8.98 Å². The van der Waals surface area contributed by atoms with E-state index in [0.717, 1.165) is 61.4 Å². The van der Waals surface area contributed by atoms with E-state index in [1.165, 1.54) is 10.8 Å². The molecule has 3 heterocycles. The van der Waals surface area contributed by atoms with Gasteiger partial charge in [-0.1, -0.05) is 84.9 Å². The van der Waals surface area contributed by atoms with Gasteiger partial charge in [-0.2, -0.15) is 0 Å². The molecule has 6 aromatic carbocycles. The van der Waals surface area contributed by atoms with E-state index in [0.29, 0.717) is 21.9 Å². The van der Waals surface area contributed by atoms with Crippen LogP contribution in [0.15, 0.2) is 155 Å². The third-order valence-corrected chi connectivity index (χ3v) is 9.42. The first-order valence-corrected chi connectivity index (χ1v) is 15.4. The lowest BCUT2D eigenvalue weighted by Crippen LogP contribution is -2.05. The molecule has 0 saturated heterocycles. The molecule has 0 spiro atoms. The number of hydrogen-bond acceptors (Lipinski definition) is 3. The number of pyridine rings is 1. The van der Waals surface area contributed by atoms with Crippen LogP contribution in [0.2, 0.25) is 0 Å². The van der Waals surface area contributed by atoms with E-state index in [1.54, 1.807) is 0 Å². The van der Waals surface area contributed by atoms with Crippen molar-refractivity contribution < 1.29 is 4.42 Å². The number of benzene rings is 6. The molecule has 10 rings (SSSR count). The highest BCUT2D eigenvalue weighted by molar-refractivity contribution is 6.10. The molecule has 4 nitrogen and oxygen atoms in total. The van der Waals surface area contributed by atoms with Crippen molar-refractivity contribution in [1.29, 1.82) is 0 Å². The standard InChI is InChI=1S/C42H24N2O2/c45-42-32-14-5-8-18-39(32)46-40-24-35-34(23-36(40)42)33-22-25(44-37-16-6-3-12-29(37)30-13-4-7-17-38(30)44)19-20-28(33)26-10-1-2-11-27(26)31-15-9-21-43-41(31)35/h1-24H. The number of nitrogens with zero attached hydrogens (tertiary/aromatic N) is 2. The lowest BCUT2D eigenvalue weighted by Gasteiger charge is -2.23. The summed E-state index contributed by atoms with van der Waals surface area (Å²) in [5, 5.41) is 3.55. The molecule has 9 aromatic rings. The number of fused-ring (bicyclic) bond motifs is 13. The maximum absolute atomic E-state index is 14.0. The summed E-state index contributed by atoms with van der Waals surface area (Å²) in [7, 11) is 0. The van der Waals surface area contributed by atoms with E-state index < -0.39 is 0 Å². The zero-order valence-electron chi connectivity index (χ0n) is 24.6. The Kier molecular flexibility index (Phi) is 5.11. The number of rotatable bonds is 1. The fraction of sp³-hybridized carbons (Fsp3) is 0. The minimum absolute atomic E-state index is 0.0385. The summed E-state index contributed by atoms with van der Waals surface area (Å²) >= 11 is 0. The quantitative estimate of drug-likeness (QED) is 0.179. The Balaban J connectivity index is 1.37. The fourth-order valence-corrected chi connectivity index (χ4v) is 7.39. The van der Waals surface area contributed by atoms with Crippen molar-refractivity contribution in [1.82, 2.24) is 9.55 Å². The molecule has 0 bridgehead atoms. The molecule has 1 aliphatic carbocycles. The second-order valence-corrected chi connectivity index (χ2v) is 11.9. The molecule has 214 valence electrons. The molecule has 0 fully saturated rings. The van der Waals surface area contributed by atoms with Crippen LogP contribution in [0.3, 0.4) is 0 Å². The van der Waals surface area contributed by atoms with Crippen LogP contribution in [0.1, 0.15) is 0 Å². The van der Waals surface area contributed by atoms with Gasteiger partial charge in [0.25, 0.3) is 0 Å². The molecular weight excluding hydrogens is 564 g/mol. The Hall–Kier alpha value is -6.26. The van der Waals surface area contributed by atoms with Crippen LogP contribution in [0, 0.1) is 0 Å². The second-order valence-electron chi connectivity index (χ2n) is 11.9. The molecule has 0 aliphatic heterocycles. The Bertz CT molecular complexity index is 2730. The van der Waals surface area contributed by atoms with Crippen LogP contribution in [0.25, 0.3) is 94.1 Å². The third-order valence-electron chi connectivity index (χ3n) is 9.42. The van der Waals surface area contributed by atoms with Crippen molar-refractivity contribution in [2.24, 2.45) is 0 Å². The molecule has 0 atom stereocenters. The third kappa shape index (κ3) is 3.44. The van der Waals surface area contributed by atoms with E-state index >= 15 is 0 Å². The molecule has 0 amide bonds. The Labute approximate surface area is 263 Å². The average molecular weight is 589 g/mol. The van der Waals surface area contributed by atoms with Crippen molar-refractivity contribution in [3.8, 4) is 50.3 Å². The summed E-state index contributed by atoms with van der Waals surface area (Å²) in [5.41, 5.74) is 12.6. The molecule has 0 unspecified atom stereocenters. The van der Waals surface area contributed by atoms with Crippen LogP contribution < -0.4 is 5.43 Å². The van der Waals surface area contributed by atoms with Crippen molar-refractivity contribution >= 4 is 43.7 Å². The number of para-hydroxylation sites is 3. The van der Waals surface area contributed by atoms with Gasteiger partial charge >= 0.3 is 0 Å². The minimum Gasteiger partial charge on any atom is -0.456 e. The van der Waals surface area contributed by atoms with Crippen LogP contribution in [-0.4, -0.2) is 9.55 Å². The Morgan fingerprint density at radius 2 is 1.07 bits per heavy atom. The summed E-state index contributed by atoms with van der Waals surface area (Å²) in [4.78, 5) is 18.9. The molecule has 46 heavy (non-hydrogen) atoms. The van der Waals surface area contributed by atoms with Crippen LogP contribution >= 0.6 is 0 Å². The van der Waals surface area contributed by atoms with Crippen molar-refractivity contribution in [3.05, 3.63) is 156 Å². The maximum atomic E-state index is 14.0. The summed E-state index contributed by atoms with van der Waals surface area (Å²) in [5.74, 6) is 0. The largest absolute Gasteiger partial charge is 0.456 e. The normalized spacial score (nSPS) is 12.0. The highest BCUT2D eigenvalue weighted by atomic mass is 16.3. The highest BCUT2D eigenvalue weighted by Crippen LogP contribution is 2.48. The van der Waals surface area contributed by atoms with Gasteiger partial charge in [0.2, 0.25) is 5.43 Å². The summed E-state index contributed by atoms with van der Waals surface area (Å²) in [6, 6.07) is 47.9. The van der Waals surface area contributed by atoms with Gasteiger partial charge in [0, 0.05) is 33.8 Å². The van der Waals surface area contributed by atoms with Crippen molar-refractivity contribution in [2.45, 2.75) is 0 Å². The molecule has 3 aromatic heterocycles. The highest BCUT2D eigenvalue weighted by Gasteiger charge is 2.25. The van der Waals surface area contributed by atoms with Gasteiger partial charge in [0.1, 0.15) is 11.2 Å². The Morgan fingerprint density at radius 3 is 1.85 bits per heavy atom.